The summed E-state index contributed by atoms with van der Waals surface area (Å²) in [6.07, 6.45) is 2.07. The van der Waals surface area contributed by atoms with Crippen molar-refractivity contribution < 1.29 is 28.4 Å². The number of carbonyl (C=O) groups excluding carboxylic acids is 2. The maximum Gasteiger partial charge on any atom is 0.331 e. The Balaban J connectivity index is 1.94. The number of esters is 1. The lowest BCUT2D eigenvalue weighted by atomic mass is 10.2. The van der Waals surface area contributed by atoms with Gasteiger partial charge in [0, 0.05) is 17.7 Å². The van der Waals surface area contributed by atoms with Crippen molar-refractivity contribution in [3.8, 4) is 5.75 Å². The Morgan fingerprint density at radius 3 is 2.71 bits per heavy atom. The smallest absolute Gasteiger partial charge is 0.331 e. The van der Waals surface area contributed by atoms with Crippen molar-refractivity contribution in [1.29, 1.82) is 0 Å². The summed E-state index contributed by atoms with van der Waals surface area (Å²) in [4.78, 5) is 33.7. The number of hydrogen-bond donors (Lipinski definition) is 1. The first-order valence-corrected chi connectivity index (χ1v) is 8.10. The van der Waals surface area contributed by atoms with Crippen LogP contribution in [-0.4, -0.2) is 30.5 Å². The quantitative estimate of drug-likeness (QED) is 0.324. The van der Waals surface area contributed by atoms with Crippen LogP contribution in [0.3, 0.4) is 0 Å². The highest BCUT2D eigenvalue weighted by Crippen LogP contribution is 2.28. The zero-order chi connectivity index (χ0) is 20.7. The van der Waals surface area contributed by atoms with Gasteiger partial charge in [0.2, 0.25) is 0 Å². The van der Waals surface area contributed by atoms with Crippen LogP contribution in [0, 0.1) is 15.9 Å². The summed E-state index contributed by atoms with van der Waals surface area (Å²) in [7, 11) is 1.29. The zero-order valence-electron chi connectivity index (χ0n) is 14.5. The van der Waals surface area contributed by atoms with Gasteiger partial charge in [0.25, 0.3) is 11.6 Å². The van der Waals surface area contributed by atoms with Gasteiger partial charge in [0.1, 0.15) is 11.6 Å². The van der Waals surface area contributed by atoms with Crippen molar-refractivity contribution in [2.75, 3.05) is 19.0 Å². The highest BCUT2D eigenvalue weighted by atomic mass is 35.5. The normalized spacial score (nSPS) is 10.5. The van der Waals surface area contributed by atoms with Crippen molar-refractivity contribution in [3.63, 3.8) is 0 Å². The van der Waals surface area contributed by atoms with Crippen molar-refractivity contribution in [2.24, 2.45) is 0 Å². The van der Waals surface area contributed by atoms with Gasteiger partial charge < -0.3 is 14.8 Å². The number of halogens is 2. The fourth-order valence-electron chi connectivity index (χ4n) is 2.09. The molecule has 0 atom stereocenters. The molecule has 0 saturated heterocycles. The second-order valence-electron chi connectivity index (χ2n) is 5.27. The molecule has 0 fully saturated rings. The van der Waals surface area contributed by atoms with Gasteiger partial charge in [0.05, 0.1) is 28.8 Å². The SMILES string of the molecule is COc1cc([N+](=O)[O-])ccc1NC(=O)COC(=O)/C=C/c1c(F)cccc1Cl. The predicted molar refractivity (Wildman–Crippen MR) is 99.7 cm³/mol. The van der Waals surface area contributed by atoms with Crippen LogP contribution in [0.5, 0.6) is 5.75 Å². The van der Waals surface area contributed by atoms with E-state index in [0.717, 1.165) is 18.2 Å². The van der Waals surface area contributed by atoms with Gasteiger partial charge in [0.15, 0.2) is 6.61 Å². The molecule has 0 spiro atoms. The average Bonchev–Trinajstić information content (AvgIpc) is 2.66. The van der Waals surface area contributed by atoms with Gasteiger partial charge in [-0.1, -0.05) is 17.7 Å². The Hall–Kier alpha value is -3.46. The molecule has 10 heteroatoms. The summed E-state index contributed by atoms with van der Waals surface area (Å²) < 4.78 is 23.3. The van der Waals surface area contributed by atoms with Gasteiger partial charge in [-0.05, 0) is 24.3 Å². The Bertz CT molecular complexity index is 927. The lowest BCUT2D eigenvalue weighted by Crippen LogP contribution is -2.20. The third kappa shape index (κ3) is 5.52. The molecule has 2 aromatic carbocycles. The van der Waals surface area contributed by atoms with Crippen LogP contribution in [-0.2, 0) is 14.3 Å². The van der Waals surface area contributed by atoms with E-state index in [1.165, 1.54) is 37.4 Å². The number of nitro groups is 1. The highest BCUT2D eigenvalue weighted by Gasteiger charge is 2.14. The van der Waals surface area contributed by atoms with Crippen LogP contribution >= 0.6 is 11.6 Å². The number of carbonyl (C=O) groups is 2. The van der Waals surface area contributed by atoms with Gasteiger partial charge in [-0.25, -0.2) is 9.18 Å². The Labute approximate surface area is 163 Å². The van der Waals surface area contributed by atoms with Crippen molar-refractivity contribution in [2.45, 2.75) is 0 Å². The molecule has 0 aliphatic rings. The number of nitrogens with zero attached hydrogens (tertiary/aromatic N) is 1. The number of non-ortho nitro benzene ring substituents is 1. The fourth-order valence-corrected chi connectivity index (χ4v) is 2.32. The van der Waals surface area contributed by atoms with Gasteiger partial charge in [-0.15, -0.1) is 0 Å². The molecule has 0 heterocycles. The van der Waals surface area contributed by atoms with E-state index < -0.39 is 29.2 Å². The largest absolute Gasteiger partial charge is 0.494 e. The Kier molecular flexibility index (Phi) is 7.05. The number of hydrogen-bond acceptors (Lipinski definition) is 6. The second kappa shape index (κ2) is 9.47. The van der Waals surface area contributed by atoms with Crippen LogP contribution < -0.4 is 10.1 Å². The van der Waals surface area contributed by atoms with Crippen LogP contribution in [0.25, 0.3) is 6.08 Å². The summed E-state index contributed by atoms with van der Waals surface area (Å²) >= 11 is 5.83. The summed E-state index contributed by atoms with van der Waals surface area (Å²) in [6, 6.07) is 7.68. The molecule has 0 aliphatic heterocycles. The van der Waals surface area contributed by atoms with Crippen LogP contribution in [0.15, 0.2) is 42.5 Å². The minimum atomic E-state index is -0.884. The first-order valence-electron chi connectivity index (χ1n) is 7.73. The van der Waals surface area contributed by atoms with E-state index >= 15 is 0 Å². The first kappa shape index (κ1) is 20.8. The van der Waals surface area contributed by atoms with E-state index in [2.05, 4.69) is 5.32 Å². The monoisotopic (exact) mass is 408 g/mol. The third-order valence-electron chi connectivity index (χ3n) is 3.40. The molecule has 2 aromatic rings. The van der Waals surface area contributed by atoms with Gasteiger partial charge >= 0.3 is 5.97 Å². The molecule has 0 unspecified atom stereocenters. The number of nitrogens with one attached hydrogen (secondary N) is 1. The lowest BCUT2D eigenvalue weighted by molar-refractivity contribution is -0.384. The van der Waals surface area contributed by atoms with Crippen LogP contribution in [0.1, 0.15) is 5.56 Å². The molecule has 2 rings (SSSR count). The fraction of sp³-hybridized carbons (Fsp3) is 0.111. The van der Waals surface area contributed by atoms with Gasteiger partial charge in [-0.3, -0.25) is 14.9 Å². The standard InChI is InChI=1S/C18H14ClFN2O6/c1-27-16-9-11(22(25)26)5-7-15(16)21-17(23)10-28-18(24)8-6-12-13(19)3-2-4-14(12)20/h2-9H,10H2,1H3,(H,21,23)/b8-6+. The minimum Gasteiger partial charge on any atom is -0.494 e. The number of rotatable bonds is 7. The molecular weight excluding hydrogens is 395 g/mol. The number of methoxy groups -OCH3 is 1. The van der Waals surface area contributed by atoms with E-state index in [1.54, 1.807) is 0 Å². The molecular formula is C18H14ClFN2O6. The predicted octanol–water partition coefficient (Wildman–Crippen LogP) is 3.59. The van der Waals surface area contributed by atoms with E-state index in [-0.39, 0.29) is 27.7 Å². The number of benzene rings is 2. The molecule has 0 radical (unpaired) electrons. The lowest BCUT2D eigenvalue weighted by Gasteiger charge is -2.09. The Morgan fingerprint density at radius 2 is 2.07 bits per heavy atom. The van der Waals surface area contributed by atoms with E-state index in [1.807, 2.05) is 0 Å². The maximum atomic E-state index is 13.6. The van der Waals surface area contributed by atoms with Gasteiger partial charge in [-0.2, -0.15) is 0 Å². The number of amides is 1. The second-order valence-corrected chi connectivity index (χ2v) is 5.67. The average molecular weight is 409 g/mol. The van der Waals surface area contributed by atoms with E-state index in [9.17, 15) is 24.1 Å². The molecule has 0 bridgehead atoms. The first-order chi connectivity index (χ1) is 13.3. The molecule has 1 N–H and O–H groups in total. The molecule has 0 aromatic heterocycles. The van der Waals surface area contributed by atoms with E-state index in [0.29, 0.717) is 0 Å². The number of anilines is 1. The van der Waals surface area contributed by atoms with Crippen molar-refractivity contribution >= 4 is 40.9 Å². The zero-order valence-corrected chi connectivity index (χ0v) is 15.2. The van der Waals surface area contributed by atoms with E-state index in [4.69, 9.17) is 21.1 Å². The maximum absolute atomic E-state index is 13.6. The molecule has 8 nitrogen and oxygen atoms in total. The minimum absolute atomic E-state index is 0.0150. The summed E-state index contributed by atoms with van der Waals surface area (Å²) in [5, 5.41) is 13.3. The molecule has 146 valence electrons. The summed E-state index contributed by atoms with van der Waals surface area (Å²) in [5.74, 6) is -2.12. The Morgan fingerprint density at radius 1 is 1.32 bits per heavy atom. The number of ether oxygens (including phenoxy) is 2. The molecule has 0 saturated carbocycles. The molecule has 0 aliphatic carbocycles. The topological polar surface area (TPSA) is 108 Å². The summed E-state index contributed by atoms with van der Waals surface area (Å²) in [5.41, 5.74) is -0.0257. The highest BCUT2D eigenvalue weighted by molar-refractivity contribution is 6.32. The van der Waals surface area contributed by atoms with Crippen molar-refractivity contribution in [1.82, 2.24) is 0 Å². The molecule has 1 amide bonds. The number of nitro benzene ring substituents is 1. The van der Waals surface area contributed by atoms with Crippen LogP contribution in [0.4, 0.5) is 15.8 Å². The third-order valence-corrected chi connectivity index (χ3v) is 3.73. The molecule has 28 heavy (non-hydrogen) atoms. The summed E-state index contributed by atoms with van der Waals surface area (Å²) in [6.45, 7) is -0.631. The van der Waals surface area contributed by atoms with Crippen molar-refractivity contribution in [3.05, 3.63) is 69.0 Å². The van der Waals surface area contributed by atoms with Crippen LogP contribution in [0.2, 0.25) is 5.02 Å².